The summed E-state index contributed by atoms with van der Waals surface area (Å²) >= 11 is 0. The van der Waals surface area contributed by atoms with E-state index in [1.807, 2.05) is 60.7 Å². The van der Waals surface area contributed by atoms with E-state index in [0.29, 0.717) is 22.8 Å². The minimum Gasteiger partial charge on any atom is -0.457 e. The smallest absolute Gasteiger partial charge is 0.160 e. The van der Waals surface area contributed by atoms with Gasteiger partial charge in [-0.15, -0.1) is 0 Å². The number of hydrogen-bond acceptors (Lipinski definition) is 8. The molecule has 4 heterocycles. The second-order valence-corrected chi connectivity index (χ2v) is 29.7. The molecule has 8 heteroatoms. The molecule has 0 N–H and O–H groups in total. The molecule has 2 aliphatic carbocycles. The maximum Gasteiger partial charge on any atom is 0.160 e. The van der Waals surface area contributed by atoms with Crippen molar-refractivity contribution in [2.75, 3.05) is 0 Å². The van der Waals surface area contributed by atoms with Crippen LogP contribution in [0, 0.1) is 22.7 Å². The highest BCUT2D eigenvalue weighted by Crippen LogP contribution is 2.65. The first kappa shape index (κ1) is 65.6. The van der Waals surface area contributed by atoms with Gasteiger partial charge in [0, 0.05) is 61.2 Å². The minimum absolute atomic E-state index is 0.550. The summed E-state index contributed by atoms with van der Waals surface area (Å²) in [5, 5.41) is 23.6. The fourth-order valence-electron chi connectivity index (χ4n) is 18.3. The number of nitrogens with zero attached hydrogens (tertiary/aromatic N) is 6. The van der Waals surface area contributed by atoms with Gasteiger partial charge in [-0.25, -0.2) is 19.9 Å². The number of hydrogen-bond donors (Lipinski definition) is 0. The maximum atomic E-state index is 11.3. The van der Waals surface area contributed by atoms with Crippen molar-refractivity contribution >= 4 is 10.8 Å². The van der Waals surface area contributed by atoms with Gasteiger partial charge in [0.1, 0.15) is 23.0 Å². The molecule has 114 heavy (non-hydrogen) atoms. The first-order valence-electron chi connectivity index (χ1n) is 38.3. The Kier molecular flexibility index (Phi) is 15.0. The Balaban J connectivity index is 0.693. The topological polar surface area (TPSA) is 118 Å². The van der Waals surface area contributed by atoms with Gasteiger partial charge in [-0.2, -0.15) is 10.5 Å². The number of fused-ring (bicyclic) bond motifs is 19. The molecule has 2 aromatic heterocycles. The highest BCUT2D eigenvalue weighted by atomic mass is 16.5. The quantitative estimate of drug-likeness (QED) is 0.133. The number of ether oxygens (including phenoxy) is 2. The van der Waals surface area contributed by atoms with Gasteiger partial charge in [0.15, 0.2) is 11.6 Å². The molecular weight excluding hydrogens is 1390 g/mol. The van der Waals surface area contributed by atoms with Crippen molar-refractivity contribution in [3.63, 3.8) is 0 Å². The molecule has 16 aromatic carbocycles. The lowest BCUT2D eigenvalue weighted by molar-refractivity contribution is 0.436. The summed E-state index contributed by atoms with van der Waals surface area (Å²) in [6.07, 6.45) is 0. The largest absolute Gasteiger partial charge is 0.457 e. The third kappa shape index (κ3) is 10.4. The predicted octanol–water partition coefficient (Wildman–Crippen LogP) is 25.8. The van der Waals surface area contributed by atoms with Gasteiger partial charge in [-0.1, -0.05) is 273 Å². The zero-order valence-electron chi connectivity index (χ0n) is 61.3. The second kappa shape index (κ2) is 26.1. The number of benzene rings is 16. The average Bonchev–Trinajstić information content (AvgIpc) is 1.51. The molecule has 0 atom stereocenters. The molecule has 0 amide bonds. The van der Waals surface area contributed by atoms with E-state index in [4.69, 9.17) is 29.4 Å². The van der Waals surface area contributed by atoms with Gasteiger partial charge in [0.2, 0.25) is 0 Å². The molecule has 4 aliphatic rings. The number of nitriles is 2. The molecule has 0 unspecified atom stereocenters. The zero-order valence-corrected chi connectivity index (χ0v) is 61.3. The molecule has 0 bridgehead atoms. The van der Waals surface area contributed by atoms with Crippen molar-refractivity contribution in [2.24, 2.45) is 0 Å². The van der Waals surface area contributed by atoms with Gasteiger partial charge in [-0.05, 0) is 197 Å². The minimum atomic E-state index is -0.771. The number of rotatable bonds is 10. The SMILES string of the molecule is N#Cc1cccc(-c2ccc3c(c2)-c2cc(-c4cc(-c5cccc(-c6ccc(C#N)c(-c7ccc8c(c7)-c7cc(-c9cc(-c%10ccccc%10)nc(-c%10ccc%11ccccc%11c%10)n9)ccc7C87c8ccccc8Oc8ccccc87)c6)c5)nc(-c5cccc(-c6ccccc6)c5)n4)ccc2C32c3ccccc3Oc3ccccc32)c1. The standard InChI is InChI=1S/C106H62N6O2/c107-63-65-20-17-27-69(52-65)74-44-48-87-83(57-74)85-59-78(47-50-89(85)105(87)91-32-9-13-36-99(91)113-100-37-14-10-33-92(100)105)98-62-96(110-103(111-98)79-31-19-28-71(54-79)66-21-3-1-4-22-66)76-30-18-29-72(53-76)73-41-43-81(64-108)82(56-73)75-45-49-88-84(58-75)86-60-77(46-51-90(86)106(88)93-34-11-15-38-101(93)114-102-39-16-12-35-94(102)106)97-61-95(68-24-5-2-6-25-68)109-104(112-97)80-42-40-67-23-7-8-26-70(67)55-80/h1-62H. The third-order valence-corrected chi connectivity index (χ3v) is 23.5. The fraction of sp³-hybridized carbons (Fsp3) is 0.0189. The zero-order chi connectivity index (χ0) is 75.6. The number of aromatic nitrogens is 4. The summed E-state index contributed by atoms with van der Waals surface area (Å²) in [5.74, 6) is 4.43. The summed E-state index contributed by atoms with van der Waals surface area (Å²) in [6, 6.07) is 137. The third-order valence-electron chi connectivity index (χ3n) is 23.5. The first-order valence-corrected chi connectivity index (χ1v) is 38.3. The van der Waals surface area contributed by atoms with E-state index in [1.165, 1.54) is 0 Å². The maximum absolute atomic E-state index is 11.3. The van der Waals surface area contributed by atoms with E-state index in [9.17, 15) is 10.5 Å². The Morgan fingerprint density at radius 2 is 0.553 bits per heavy atom. The Hall–Kier alpha value is -15.5. The Morgan fingerprint density at radius 3 is 1.08 bits per heavy atom. The van der Waals surface area contributed by atoms with Crippen LogP contribution in [-0.2, 0) is 10.8 Å². The van der Waals surface area contributed by atoms with Crippen LogP contribution in [0.3, 0.4) is 0 Å². The van der Waals surface area contributed by atoms with Crippen molar-refractivity contribution in [3.05, 3.63) is 432 Å². The number of para-hydroxylation sites is 4. The molecule has 22 rings (SSSR count). The second-order valence-electron chi connectivity index (χ2n) is 29.7. The molecule has 8 nitrogen and oxygen atoms in total. The molecule has 2 aliphatic heterocycles. The van der Waals surface area contributed by atoms with Crippen LogP contribution in [0.2, 0.25) is 0 Å². The van der Waals surface area contributed by atoms with Crippen LogP contribution in [0.4, 0.5) is 0 Å². The fourth-order valence-corrected chi connectivity index (χ4v) is 18.3. The lowest BCUT2D eigenvalue weighted by atomic mass is 9.66. The molecular formula is C106H62N6O2. The molecule has 0 radical (unpaired) electrons. The molecule has 528 valence electrons. The van der Waals surface area contributed by atoms with E-state index in [-0.39, 0.29) is 0 Å². The van der Waals surface area contributed by atoms with Crippen molar-refractivity contribution in [1.29, 1.82) is 10.5 Å². The van der Waals surface area contributed by atoms with Crippen LogP contribution >= 0.6 is 0 Å². The van der Waals surface area contributed by atoms with Crippen LogP contribution in [0.25, 0.3) is 145 Å². The van der Waals surface area contributed by atoms with Gasteiger partial charge >= 0.3 is 0 Å². The van der Waals surface area contributed by atoms with Gasteiger partial charge in [0.05, 0.1) is 56.9 Å². The summed E-state index contributed by atoms with van der Waals surface area (Å²) in [5.41, 5.74) is 29.0. The summed E-state index contributed by atoms with van der Waals surface area (Å²) in [4.78, 5) is 21.8. The first-order chi connectivity index (χ1) is 56.3. The molecule has 0 saturated carbocycles. The Bertz CT molecular complexity index is 7080. The van der Waals surface area contributed by atoms with E-state index in [0.717, 1.165) is 201 Å². The van der Waals surface area contributed by atoms with Crippen LogP contribution in [0.1, 0.15) is 55.6 Å². The molecule has 2 spiro atoms. The summed E-state index contributed by atoms with van der Waals surface area (Å²) < 4.78 is 13.6. The van der Waals surface area contributed by atoms with E-state index < -0.39 is 10.8 Å². The van der Waals surface area contributed by atoms with Gasteiger partial charge in [-0.3, -0.25) is 0 Å². The van der Waals surface area contributed by atoms with Crippen LogP contribution < -0.4 is 9.47 Å². The van der Waals surface area contributed by atoms with Crippen molar-refractivity contribution < 1.29 is 9.47 Å². The lowest BCUT2D eigenvalue weighted by Gasteiger charge is -2.39. The van der Waals surface area contributed by atoms with Gasteiger partial charge < -0.3 is 9.47 Å². The van der Waals surface area contributed by atoms with E-state index >= 15 is 0 Å². The molecule has 18 aromatic rings. The highest BCUT2D eigenvalue weighted by Gasteiger charge is 2.53. The highest BCUT2D eigenvalue weighted by molar-refractivity contribution is 5.97. The normalized spacial score (nSPS) is 13.0. The van der Waals surface area contributed by atoms with Crippen LogP contribution in [-0.4, -0.2) is 19.9 Å². The molecule has 0 fully saturated rings. The van der Waals surface area contributed by atoms with Crippen molar-refractivity contribution in [1.82, 2.24) is 19.9 Å². The Labute approximate surface area is 658 Å². The van der Waals surface area contributed by atoms with E-state index in [1.54, 1.807) is 0 Å². The van der Waals surface area contributed by atoms with Crippen LogP contribution in [0.5, 0.6) is 23.0 Å². The van der Waals surface area contributed by atoms with Crippen molar-refractivity contribution in [2.45, 2.75) is 10.8 Å². The van der Waals surface area contributed by atoms with Crippen molar-refractivity contribution in [3.8, 4) is 170 Å². The summed E-state index contributed by atoms with van der Waals surface area (Å²) in [6.45, 7) is 0. The van der Waals surface area contributed by atoms with E-state index in [2.05, 4.69) is 328 Å². The van der Waals surface area contributed by atoms with Gasteiger partial charge in [0.25, 0.3) is 0 Å². The summed E-state index contributed by atoms with van der Waals surface area (Å²) in [7, 11) is 0. The lowest BCUT2D eigenvalue weighted by Crippen LogP contribution is -2.32. The predicted molar refractivity (Wildman–Crippen MR) is 454 cm³/mol. The Morgan fingerprint density at radius 1 is 0.211 bits per heavy atom. The van der Waals surface area contributed by atoms with Crippen LogP contribution in [0.15, 0.2) is 376 Å². The average molecular weight is 1450 g/mol. The molecule has 0 saturated heterocycles. The monoisotopic (exact) mass is 1450 g/mol.